The van der Waals surface area contributed by atoms with Gasteiger partial charge >= 0.3 is 0 Å². The molecule has 0 bridgehead atoms. The molecule has 1 aromatic rings. The first kappa shape index (κ1) is 12.8. The van der Waals surface area contributed by atoms with Crippen LogP contribution in [0.1, 0.15) is 29.8 Å². The Balaban J connectivity index is 0.00000169. The molecule has 0 atom stereocenters. The summed E-state index contributed by atoms with van der Waals surface area (Å²) in [6.45, 7) is 4.87. The second-order valence-corrected chi connectivity index (χ2v) is 2.89. The molecule has 78 valence electrons. The molecule has 0 saturated heterocycles. The van der Waals surface area contributed by atoms with Gasteiger partial charge in [-0.3, -0.25) is 4.79 Å². The van der Waals surface area contributed by atoms with Crippen LogP contribution in [-0.2, 0) is 11.3 Å². The second-order valence-electron chi connectivity index (χ2n) is 2.89. The molecular weight excluding hydrogens is 180 g/mol. The molecular formula is C11H16O3. The molecule has 0 radical (unpaired) electrons. The second kappa shape index (κ2) is 6.29. The summed E-state index contributed by atoms with van der Waals surface area (Å²) in [5.74, 6) is 0.1000. The first-order valence-corrected chi connectivity index (χ1v) is 4.41. The van der Waals surface area contributed by atoms with Gasteiger partial charge in [-0.1, -0.05) is 24.3 Å². The van der Waals surface area contributed by atoms with E-state index in [-0.39, 0.29) is 11.3 Å². The molecule has 14 heavy (non-hydrogen) atoms. The smallest absolute Gasteiger partial charge is 0.159 e. The zero-order chi connectivity index (χ0) is 9.68. The van der Waals surface area contributed by atoms with E-state index in [4.69, 9.17) is 4.74 Å². The van der Waals surface area contributed by atoms with Crippen LogP contribution in [0, 0.1) is 0 Å². The number of hydrogen-bond donors (Lipinski definition) is 0. The van der Waals surface area contributed by atoms with E-state index in [1.807, 2.05) is 31.2 Å². The third-order valence-electron chi connectivity index (χ3n) is 1.83. The third kappa shape index (κ3) is 3.68. The molecule has 0 aliphatic heterocycles. The molecule has 0 heterocycles. The topological polar surface area (TPSA) is 57.8 Å². The average molecular weight is 196 g/mol. The molecule has 0 saturated carbocycles. The van der Waals surface area contributed by atoms with Crippen LogP contribution in [0.15, 0.2) is 24.3 Å². The van der Waals surface area contributed by atoms with Gasteiger partial charge in [0.2, 0.25) is 0 Å². The zero-order valence-corrected chi connectivity index (χ0v) is 8.54. The number of rotatable bonds is 4. The number of ketones is 1. The SMILES string of the molecule is CCOCc1ccc(C(C)=O)cc1.O. The van der Waals surface area contributed by atoms with Crippen molar-refractivity contribution in [1.82, 2.24) is 0 Å². The summed E-state index contributed by atoms with van der Waals surface area (Å²) in [7, 11) is 0. The van der Waals surface area contributed by atoms with E-state index in [9.17, 15) is 4.79 Å². The summed E-state index contributed by atoms with van der Waals surface area (Å²) >= 11 is 0. The molecule has 0 aliphatic rings. The van der Waals surface area contributed by atoms with Gasteiger partial charge in [-0.05, 0) is 19.4 Å². The van der Waals surface area contributed by atoms with Crippen molar-refractivity contribution in [2.45, 2.75) is 20.5 Å². The van der Waals surface area contributed by atoms with Gasteiger partial charge in [0.25, 0.3) is 0 Å². The lowest BCUT2D eigenvalue weighted by Gasteiger charge is -2.01. The van der Waals surface area contributed by atoms with E-state index in [1.165, 1.54) is 0 Å². The van der Waals surface area contributed by atoms with Crippen LogP contribution in [0.3, 0.4) is 0 Å². The van der Waals surface area contributed by atoms with Crippen LogP contribution in [0.2, 0.25) is 0 Å². The lowest BCUT2D eigenvalue weighted by atomic mass is 10.1. The first-order chi connectivity index (χ1) is 6.24. The lowest BCUT2D eigenvalue weighted by Crippen LogP contribution is -1.94. The summed E-state index contributed by atoms with van der Waals surface area (Å²) in [6.07, 6.45) is 0. The largest absolute Gasteiger partial charge is 0.412 e. The Kier molecular flexibility index (Phi) is 5.76. The van der Waals surface area contributed by atoms with Gasteiger partial charge in [0.15, 0.2) is 5.78 Å². The highest BCUT2D eigenvalue weighted by molar-refractivity contribution is 5.93. The molecule has 3 heteroatoms. The van der Waals surface area contributed by atoms with Gasteiger partial charge in [-0.2, -0.15) is 0 Å². The van der Waals surface area contributed by atoms with E-state index in [0.29, 0.717) is 13.2 Å². The number of carbonyl (C=O) groups is 1. The van der Waals surface area contributed by atoms with Crippen molar-refractivity contribution in [2.75, 3.05) is 6.61 Å². The molecule has 0 amide bonds. The third-order valence-corrected chi connectivity index (χ3v) is 1.83. The van der Waals surface area contributed by atoms with E-state index >= 15 is 0 Å². The Morgan fingerprint density at radius 2 is 1.86 bits per heavy atom. The summed E-state index contributed by atoms with van der Waals surface area (Å²) in [5, 5.41) is 0. The maximum Gasteiger partial charge on any atom is 0.159 e. The minimum Gasteiger partial charge on any atom is -0.412 e. The summed E-state index contributed by atoms with van der Waals surface area (Å²) in [6, 6.07) is 7.51. The minimum absolute atomic E-state index is 0. The number of Topliss-reactive ketones (excluding diaryl/α,β-unsaturated/α-hetero) is 1. The van der Waals surface area contributed by atoms with E-state index in [1.54, 1.807) is 6.92 Å². The first-order valence-electron chi connectivity index (χ1n) is 4.41. The number of benzene rings is 1. The van der Waals surface area contributed by atoms with Crippen molar-refractivity contribution in [3.63, 3.8) is 0 Å². The summed E-state index contributed by atoms with van der Waals surface area (Å²) in [5.41, 5.74) is 1.85. The molecule has 0 unspecified atom stereocenters. The van der Waals surface area contributed by atoms with Gasteiger partial charge in [-0.15, -0.1) is 0 Å². The fraction of sp³-hybridized carbons (Fsp3) is 0.364. The van der Waals surface area contributed by atoms with Gasteiger partial charge in [-0.25, -0.2) is 0 Å². The van der Waals surface area contributed by atoms with E-state index in [0.717, 1.165) is 11.1 Å². The van der Waals surface area contributed by atoms with Gasteiger partial charge in [0, 0.05) is 12.2 Å². The Labute approximate surface area is 84.0 Å². The fourth-order valence-electron chi connectivity index (χ4n) is 1.06. The molecule has 1 rings (SSSR count). The predicted octanol–water partition coefficient (Wildman–Crippen LogP) is 1.60. The molecule has 0 fully saturated rings. The van der Waals surface area contributed by atoms with Crippen molar-refractivity contribution in [3.05, 3.63) is 35.4 Å². The van der Waals surface area contributed by atoms with Crippen LogP contribution < -0.4 is 0 Å². The van der Waals surface area contributed by atoms with E-state index < -0.39 is 0 Å². The van der Waals surface area contributed by atoms with Crippen molar-refractivity contribution in [2.24, 2.45) is 0 Å². The normalized spacial score (nSPS) is 9.29. The highest BCUT2D eigenvalue weighted by atomic mass is 16.5. The standard InChI is InChI=1S/C11H14O2.H2O/c1-3-13-8-10-4-6-11(7-5-10)9(2)12;/h4-7H,3,8H2,1-2H3;1H2. The Morgan fingerprint density at radius 1 is 1.29 bits per heavy atom. The van der Waals surface area contributed by atoms with E-state index in [2.05, 4.69) is 0 Å². The number of hydrogen-bond acceptors (Lipinski definition) is 2. The Hall–Kier alpha value is -1.19. The Morgan fingerprint density at radius 3 is 2.29 bits per heavy atom. The molecule has 2 N–H and O–H groups in total. The van der Waals surface area contributed by atoms with Crippen LogP contribution in [0.4, 0.5) is 0 Å². The summed E-state index contributed by atoms with van der Waals surface area (Å²) in [4.78, 5) is 10.9. The zero-order valence-electron chi connectivity index (χ0n) is 8.54. The van der Waals surface area contributed by atoms with Crippen molar-refractivity contribution in [3.8, 4) is 0 Å². The maximum absolute atomic E-state index is 10.9. The van der Waals surface area contributed by atoms with Crippen LogP contribution in [-0.4, -0.2) is 17.9 Å². The van der Waals surface area contributed by atoms with Gasteiger partial charge < -0.3 is 10.2 Å². The number of carbonyl (C=O) groups excluding carboxylic acids is 1. The highest BCUT2D eigenvalue weighted by Crippen LogP contribution is 2.06. The van der Waals surface area contributed by atoms with Crippen LogP contribution >= 0.6 is 0 Å². The fourth-order valence-corrected chi connectivity index (χ4v) is 1.06. The van der Waals surface area contributed by atoms with Crippen molar-refractivity contribution >= 4 is 5.78 Å². The average Bonchev–Trinajstić information content (AvgIpc) is 2.15. The monoisotopic (exact) mass is 196 g/mol. The molecule has 0 aliphatic carbocycles. The van der Waals surface area contributed by atoms with Crippen LogP contribution in [0.5, 0.6) is 0 Å². The Bertz CT molecular complexity index is 277. The maximum atomic E-state index is 10.9. The molecule has 0 spiro atoms. The van der Waals surface area contributed by atoms with Crippen molar-refractivity contribution in [1.29, 1.82) is 0 Å². The molecule has 0 aromatic heterocycles. The van der Waals surface area contributed by atoms with Crippen LogP contribution in [0.25, 0.3) is 0 Å². The molecule has 1 aromatic carbocycles. The van der Waals surface area contributed by atoms with Crippen molar-refractivity contribution < 1.29 is 15.0 Å². The lowest BCUT2D eigenvalue weighted by molar-refractivity contribution is 0.101. The van der Waals surface area contributed by atoms with Gasteiger partial charge in [0.1, 0.15) is 0 Å². The minimum atomic E-state index is 0. The quantitative estimate of drug-likeness (QED) is 0.687. The highest BCUT2D eigenvalue weighted by Gasteiger charge is 1.98. The summed E-state index contributed by atoms with van der Waals surface area (Å²) < 4.78 is 5.23. The van der Waals surface area contributed by atoms with Gasteiger partial charge in [0.05, 0.1) is 6.61 Å². The number of ether oxygens (including phenoxy) is 1. The predicted molar refractivity (Wildman–Crippen MR) is 55.4 cm³/mol. The molecule has 3 nitrogen and oxygen atoms in total.